The van der Waals surface area contributed by atoms with E-state index in [9.17, 15) is 5.11 Å². The predicted octanol–water partition coefficient (Wildman–Crippen LogP) is 2.82. The smallest absolute Gasteiger partial charge is 0.193 e. The number of nitrogens with zero attached hydrogens (tertiary/aromatic N) is 2. The van der Waals surface area contributed by atoms with Crippen LogP contribution in [0.1, 0.15) is 45.2 Å². The van der Waals surface area contributed by atoms with Gasteiger partial charge in [-0.15, -0.1) is 11.3 Å². The first kappa shape index (κ1) is 14.0. The lowest BCUT2D eigenvalue weighted by Crippen LogP contribution is -2.44. The molecule has 0 saturated heterocycles. The number of nitrogens with one attached hydrogen (secondary N) is 1. The Bertz CT molecular complexity index is 548. The number of aliphatic hydroxyl groups is 1. The lowest BCUT2D eigenvalue weighted by Gasteiger charge is -2.40. The molecule has 2 heterocycles. The van der Waals surface area contributed by atoms with Gasteiger partial charge in [-0.25, -0.2) is 4.98 Å². The van der Waals surface area contributed by atoms with Crippen molar-refractivity contribution in [3.8, 4) is 0 Å². The first-order valence-electron chi connectivity index (χ1n) is 7.30. The van der Waals surface area contributed by atoms with Gasteiger partial charge in [-0.2, -0.15) is 0 Å². The standard InChI is InChI=1S/C15H23N3OS/c1-14(2)3-5-15(19,6-4-14)11-16-9-12-10-18-7-8-20-13(18)17-12/h7-8,10,16,19H,3-6,9,11H2,1-2H3. The molecule has 1 fully saturated rings. The monoisotopic (exact) mass is 293 g/mol. The zero-order valence-corrected chi connectivity index (χ0v) is 13.0. The molecule has 0 atom stereocenters. The van der Waals surface area contributed by atoms with Gasteiger partial charge in [0.15, 0.2) is 4.96 Å². The Kier molecular flexibility index (Phi) is 3.60. The van der Waals surface area contributed by atoms with Gasteiger partial charge in [-0.1, -0.05) is 13.8 Å². The quantitative estimate of drug-likeness (QED) is 0.911. The summed E-state index contributed by atoms with van der Waals surface area (Å²) in [6.45, 7) is 5.96. The maximum atomic E-state index is 10.6. The first-order valence-corrected chi connectivity index (χ1v) is 8.18. The Hall–Kier alpha value is -0.910. The van der Waals surface area contributed by atoms with Gasteiger partial charge in [0.05, 0.1) is 11.3 Å². The summed E-state index contributed by atoms with van der Waals surface area (Å²) in [6, 6.07) is 0. The predicted molar refractivity (Wildman–Crippen MR) is 82.0 cm³/mol. The number of fused-ring (bicyclic) bond motifs is 1. The van der Waals surface area contributed by atoms with Crippen LogP contribution in [0.2, 0.25) is 0 Å². The zero-order valence-electron chi connectivity index (χ0n) is 12.2. The molecule has 0 spiro atoms. The van der Waals surface area contributed by atoms with Crippen LogP contribution in [0.15, 0.2) is 17.8 Å². The Balaban J connectivity index is 1.51. The Labute approximate surface area is 123 Å². The third-order valence-electron chi connectivity index (χ3n) is 4.44. The van der Waals surface area contributed by atoms with Crippen LogP contribution in [0.4, 0.5) is 0 Å². The van der Waals surface area contributed by atoms with Crippen LogP contribution >= 0.6 is 11.3 Å². The second-order valence-electron chi connectivity index (χ2n) is 6.82. The van der Waals surface area contributed by atoms with E-state index in [-0.39, 0.29) is 0 Å². The lowest BCUT2D eigenvalue weighted by molar-refractivity contribution is -0.0245. The molecule has 0 radical (unpaired) electrons. The van der Waals surface area contributed by atoms with Crippen molar-refractivity contribution in [1.29, 1.82) is 0 Å². The molecule has 4 nitrogen and oxygen atoms in total. The highest BCUT2D eigenvalue weighted by atomic mass is 32.1. The number of hydrogen-bond donors (Lipinski definition) is 2. The van der Waals surface area contributed by atoms with E-state index in [1.165, 1.54) is 0 Å². The summed E-state index contributed by atoms with van der Waals surface area (Å²) in [5, 5.41) is 16.0. The topological polar surface area (TPSA) is 49.6 Å². The molecule has 0 amide bonds. The lowest BCUT2D eigenvalue weighted by atomic mass is 9.71. The second kappa shape index (κ2) is 5.13. The maximum absolute atomic E-state index is 10.6. The van der Waals surface area contributed by atoms with Crippen LogP contribution in [0.3, 0.4) is 0 Å². The summed E-state index contributed by atoms with van der Waals surface area (Å²) >= 11 is 1.64. The van der Waals surface area contributed by atoms with Crippen LogP contribution in [0.5, 0.6) is 0 Å². The fourth-order valence-corrected chi connectivity index (χ4v) is 3.57. The number of hydrogen-bond acceptors (Lipinski definition) is 4. The number of rotatable bonds is 4. The van der Waals surface area contributed by atoms with Gasteiger partial charge in [-0.3, -0.25) is 4.40 Å². The van der Waals surface area contributed by atoms with Crippen LogP contribution in [0.25, 0.3) is 4.96 Å². The molecule has 0 unspecified atom stereocenters. The number of aromatic nitrogens is 2. The van der Waals surface area contributed by atoms with Crippen molar-refractivity contribution >= 4 is 16.3 Å². The van der Waals surface area contributed by atoms with Gasteiger partial charge in [0.1, 0.15) is 0 Å². The van der Waals surface area contributed by atoms with Crippen LogP contribution in [0, 0.1) is 5.41 Å². The van der Waals surface area contributed by atoms with Crippen LogP contribution in [-0.4, -0.2) is 26.6 Å². The Morgan fingerprint density at radius 3 is 2.80 bits per heavy atom. The molecule has 1 aliphatic carbocycles. The highest BCUT2D eigenvalue weighted by molar-refractivity contribution is 7.15. The molecule has 0 aliphatic heterocycles. The third-order valence-corrected chi connectivity index (χ3v) is 5.21. The summed E-state index contributed by atoms with van der Waals surface area (Å²) in [5.74, 6) is 0. The van der Waals surface area contributed by atoms with Crippen molar-refractivity contribution in [3.05, 3.63) is 23.5 Å². The van der Waals surface area contributed by atoms with Crippen molar-refractivity contribution in [1.82, 2.24) is 14.7 Å². The van der Waals surface area contributed by atoms with E-state index in [1.807, 2.05) is 22.2 Å². The van der Waals surface area contributed by atoms with E-state index < -0.39 is 5.60 Å². The minimum Gasteiger partial charge on any atom is -0.389 e. The highest BCUT2D eigenvalue weighted by Crippen LogP contribution is 2.39. The van der Waals surface area contributed by atoms with E-state index in [1.54, 1.807) is 11.3 Å². The average molecular weight is 293 g/mol. The summed E-state index contributed by atoms with van der Waals surface area (Å²) in [4.78, 5) is 5.57. The molecule has 1 aliphatic rings. The van der Waals surface area contributed by atoms with Crippen molar-refractivity contribution in [2.45, 2.75) is 51.7 Å². The fourth-order valence-electron chi connectivity index (χ4n) is 2.85. The Morgan fingerprint density at radius 1 is 1.35 bits per heavy atom. The molecule has 2 aromatic rings. The average Bonchev–Trinajstić information content (AvgIpc) is 2.95. The normalized spacial score (nSPS) is 21.4. The summed E-state index contributed by atoms with van der Waals surface area (Å²) < 4.78 is 2.04. The van der Waals surface area contributed by atoms with Gasteiger partial charge in [0.25, 0.3) is 0 Å². The summed E-state index contributed by atoms with van der Waals surface area (Å²) in [5.41, 5.74) is 0.893. The van der Waals surface area contributed by atoms with E-state index in [4.69, 9.17) is 0 Å². The summed E-state index contributed by atoms with van der Waals surface area (Å²) in [7, 11) is 0. The van der Waals surface area contributed by atoms with Crippen molar-refractivity contribution in [2.24, 2.45) is 5.41 Å². The second-order valence-corrected chi connectivity index (χ2v) is 7.69. The Morgan fingerprint density at radius 2 is 2.10 bits per heavy atom. The molecule has 20 heavy (non-hydrogen) atoms. The van der Waals surface area contributed by atoms with Crippen molar-refractivity contribution < 1.29 is 5.11 Å². The molecule has 5 heteroatoms. The summed E-state index contributed by atoms with van der Waals surface area (Å²) in [6.07, 6.45) is 8.06. The van der Waals surface area contributed by atoms with Crippen molar-refractivity contribution in [3.63, 3.8) is 0 Å². The molecular formula is C15H23N3OS. The van der Waals surface area contributed by atoms with Gasteiger partial charge in [0, 0.05) is 30.9 Å². The van der Waals surface area contributed by atoms with Gasteiger partial charge in [0.2, 0.25) is 0 Å². The van der Waals surface area contributed by atoms with E-state index in [0.717, 1.165) is 42.9 Å². The van der Waals surface area contributed by atoms with Crippen LogP contribution < -0.4 is 5.32 Å². The fraction of sp³-hybridized carbons (Fsp3) is 0.667. The molecule has 110 valence electrons. The first-order chi connectivity index (χ1) is 9.46. The van der Waals surface area contributed by atoms with E-state index >= 15 is 0 Å². The highest BCUT2D eigenvalue weighted by Gasteiger charge is 2.36. The zero-order chi connectivity index (χ0) is 14.2. The van der Waals surface area contributed by atoms with Gasteiger partial charge in [-0.05, 0) is 31.1 Å². The van der Waals surface area contributed by atoms with E-state index in [2.05, 4.69) is 24.1 Å². The SMILES string of the molecule is CC1(C)CCC(O)(CNCc2cn3ccsc3n2)CC1. The van der Waals surface area contributed by atoms with Gasteiger partial charge >= 0.3 is 0 Å². The van der Waals surface area contributed by atoms with Crippen LogP contribution in [-0.2, 0) is 6.54 Å². The van der Waals surface area contributed by atoms with Crippen molar-refractivity contribution in [2.75, 3.05) is 6.54 Å². The minimum atomic E-state index is -0.535. The van der Waals surface area contributed by atoms with E-state index in [0.29, 0.717) is 12.0 Å². The molecule has 1 saturated carbocycles. The molecule has 0 bridgehead atoms. The third kappa shape index (κ3) is 3.05. The minimum absolute atomic E-state index is 0.389. The molecule has 3 rings (SSSR count). The molecule has 2 aromatic heterocycles. The molecular weight excluding hydrogens is 270 g/mol. The number of imidazole rings is 1. The maximum Gasteiger partial charge on any atom is 0.193 e. The number of thiazole rings is 1. The molecule has 0 aromatic carbocycles. The molecule has 2 N–H and O–H groups in total. The largest absolute Gasteiger partial charge is 0.389 e. The van der Waals surface area contributed by atoms with Gasteiger partial charge < -0.3 is 10.4 Å².